The third-order valence-corrected chi connectivity index (χ3v) is 4.62. The van der Waals surface area contributed by atoms with Crippen LogP contribution < -0.4 is 4.90 Å². The van der Waals surface area contributed by atoms with Gasteiger partial charge in [-0.15, -0.1) is 5.10 Å². The number of benzene rings is 1. The van der Waals surface area contributed by atoms with Crippen molar-refractivity contribution in [2.24, 2.45) is 0 Å². The molecule has 0 unspecified atom stereocenters. The van der Waals surface area contributed by atoms with Crippen LogP contribution in [0.2, 0.25) is 0 Å². The molecule has 4 rings (SSSR count). The van der Waals surface area contributed by atoms with Crippen molar-refractivity contribution in [3.63, 3.8) is 0 Å². The SMILES string of the molecule is CN(C)c1cc2c(nn1)CCN(C(=O)c1occc1-c1ccccc1)C2. The van der Waals surface area contributed by atoms with E-state index in [0.717, 1.165) is 28.2 Å². The van der Waals surface area contributed by atoms with Gasteiger partial charge in [-0.1, -0.05) is 30.3 Å². The van der Waals surface area contributed by atoms with Crippen LogP contribution in [-0.2, 0) is 13.0 Å². The molecule has 3 heterocycles. The number of carbonyl (C=O) groups is 1. The van der Waals surface area contributed by atoms with Crippen LogP contribution >= 0.6 is 0 Å². The smallest absolute Gasteiger partial charge is 0.290 e. The highest BCUT2D eigenvalue weighted by Gasteiger charge is 2.27. The number of fused-ring (bicyclic) bond motifs is 1. The van der Waals surface area contributed by atoms with Gasteiger partial charge >= 0.3 is 0 Å². The lowest BCUT2D eigenvalue weighted by atomic mass is 10.0. The van der Waals surface area contributed by atoms with Gasteiger partial charge in [0.2, 0.25) is 0 Å². The summed E-state index contributed by atoms with van der Waals surface area (Å²) in [4.78, 5) is 16.8. The minimum Gasteiger partial charge on any atom is -0.459 e. The van der Waals surface area contributed by atoms with E-state index in [1.165, 1.54) is 0 Å². The molecular weight excluding hydrogens is 328 g/mol. The van der Waals surface area contributed by atoms with Crippen molar-refractivity contribution in [2.45, 2.75) is 13.0 Å². The number of amides is 1. The second kappa shape index (κ2) is 6.63. The number of carbonyl (C=O) groups excluding carboxylic acids is 1. The fourth-order valence-corrected chi connectivity index (χ4v) is 3.17. The van der Waals surface area contributed by atoms with E-state index < -0.39 is 0 Å². The molecule has 6 heteroatoms. The summed E-state index contributed by atoms with van der Waals surface area (Å²) in [6, 6.07) is 13.7. The maximum atomic E-state index is 13.1. The van der Waals surface area contributed by atoms with Gasteiger partial charge in [0.1, 0.15) is 0 Å². The fourth-order valence-electron chi connectivity index (χ4n) is 3.17. The lowest BCUT2D eigenvalue weighted by Gasteiger charge is -2.28. The molecule has 0 atom stereocenters. The molecule has 0 bridgehead atoms. The Balaban J connectivity index is 1.61. The lowest BCUT2D eigenvalue weighted by molar-refractivity contribution is 0.0702. The van der Waals surface area contributed by atoms with Crippen LogP contribution in [0.15, 0.2) is 53.1 Å². The van der Waals surface area contributed by atoms with Crippen LogP contribution in [0.3, 0.4) is 0 Å². The number of hydrogen-bond acceptors (Lipinski definition) is 5. The minimum absolute atomic E-state index is 0.0947. The Morgan fingerprint density at radius 1 is 1.15 bits per heavy atom. The summed E-state index contributed by atoms with van der Waals surface area (Å²) in [5.41, 5.74) is 3.80. The van der Waals surface area contributed by atoms with Crippen molar-refractivity contribution in [3.8, 4) is 11.1 Å². The molecule has 6 nitrogen and oxygen atoms in total. The summed E-state index contributed by atoms with van der Waals surface area (Å²) < 4.78 is 5.56. The van der Waals surface area contributed by atoms with E-state index >= 15 is 0 Å². The number of rotatable bonds is 3. The van der Waals surface area contributed by atoms with Gasteiger partial charge in [0.05, 0.1) is 12.0 Å². The van der Waals surface area contributed by atoms with E-state index in [0.29, 0.717) is 25.3 Å². The van der Waals surface area contributed by atoms with E-state index in [4.69, 9.17) is 4.42 Å². The maximum absolute atomic E-state index is 13.1. The molecule has 0 spiro atoms. The van der Waals surface area contributed by atoms with Crippen molar-refractivity contribution in [1.29, 1.82) is 0 Å². The normalized spacial score (nSPS) is 13.4. The van der Waals surface area contributed by atoms with Crippen molar-refractivity contribution < 1.29 is 9.21 Å². The van der Waals surface area contributed by atoms with E-state index in [1.807, 2.05) is 66.4 Å². The van der Waals surface area contributed by atoms with E-state index in [1.54, 1.807) is 6.26 Å². The first kappa shape index (κ1) is 16.3. The Kier molecular flexibility index (Phi) is 4.16. The zero-order chi connectivity index (χ0) is 18.1. The first-order chi connectivity index (χ1) is 12.6. The van der Waals surface area contributed by atoms with Crippen LogP contribution in [0.1, 0.15) is 21.8 Å². The lowest BCUT2D eigenvalue weighted by Crippen LogP contribution is -2.36. The van der Waals surface area contributed by atoms with Gasteiger partial charge in [-0.05, 0) is 23.3 Å². The van der Waals surface area contributed by atoms with Gasteiger partial charge in [0, 0.05) is 39.2 Å². The van der Waals surface area contributed by atoms with Crippen molar-refractivity contribution in [1.82, 2.24) is 15.1 Å². The number of aromatic nitrogens is 2. The molecule has 0 fully saturated rings. The summed E-state index contributed by atoms with van der Waals surface area (Å²) in [5, 5.41) is 8.53. The second-order valence-corrected chi connectivity index (χ2v) is 6.58. The molecule has 1 aliphatic heterocycles. The number of nitrogens with zero attached hydrogens (tertiary/aromatic N) is 4. The standard InChI is InChI=1S/C20H20N4O2/c1-23(2)18-12-15-13-24(10-8-17(15)21-22-18)20(25)19-16(9-11-26-19)14-6-4-3-5-7-14/h3-7,9,11-12H,8,10,13H2,1-2H3. The minimum atomic E-state index is -0.0947. The highest BCUT2D eigenvalue weighted by Crippen LogP contribution is 2.28. The first-order valence-electron chi connectivity index (χ1n) is 8.58. The summed E-state index contributed by atoms with van der Waals surface area (Å²) in [5.74, 6) is 1.08. The molecule has 0 N–H and O–H groups in total. The summed E-state index contributed by atoms with van der Waals surface area (Å²) in [6.07, 6.45) is 2.27. The average molecular weight is 348 g/mol. The highest BCUT2D eigenvalue weighted by molar-refractivity contribution is 5.98. The number of furan rings is 1. The predicted octanol–water partition coefficient (Wildman–Crippen LogP) is 3.00. The van der Waals surface area contributed by atoms with Gasteiger partial charge in [-0.25, -0.2) is 0 Å². The predicted molar refractivity (Wildman–Crippen MR) is 98.9 cm³/mol. The molecule has 2 aromatic heterocycles. The van der Waals surface area contributed by atoms with Crippen LogP contribution in [0.5, 0.6) is 0 Å². The zero-order valence-corrected chi connectivity index (χ0v) is 14.8. The Morgan fingerprint density at radius 3 is 2.73 bits per heavy atom. The van der Waals surface area contributed by atoms with Crippen molar-refractivity contribution >= 4 is 11.7 Å². The van der Waals surface area contributed by atoms with Crippen LogP contribution in [0.25, 0.3) is 11.1 Å². The molecule has 0 radical (unpaired) electrons. The van der Waals surface area contributed by atoms with Gasteiger partial charge in [0.15, 0.2) is 11.6 Å². The van der Waals surface area contributed by atoms with Crippen LogP contribution in [0, 0.1) is 0 Å². The fraction of sp³-hybridized carbons (Fsp3) is 0.250. The third-order valence-electron chi connectivity index (χ3n) is 4.62. The largest absolute Gasteiger partial charge is 0.459 e. The second-order valence-electron chi connectivity index (χ2n) is 6.58. The monoisotopic (exact) mass is 348 g/mol. The summed E-state index contributed by atoms with van der Waals surface area (Å²) >= 11 is 0. The van der Waals surface area contributed by atoms with Gasteiger partial charge in [-0.2, -0.15) is 5.10 Å². The molecule has 1 aromatic carbocycles. The third kappa shape index (κ3) is 2.94. The molecule has 0 aliphatic carbocycles. The van der Waals surface area contributed by atoms with Crippen LogP contribution in [0.4, 0.5) is 5.82 Å². The van der Waals surface area contributed by atoms with Crippen molar-refractivity contribution in [3.05, 3.63) is 65.7 Å². The number of hydrogen-bond donors (Lipinski definition) is 0. The molecule has 1 amide bonds. The first-order valence-corrected chi connectivity index (χ1v) is 8.58. The van der Waals surface area contributed by atoms with Crippen LogP contribution in [-0.4, -0.2) is 41.6 Å². The summed E-state index contributed by atoms with van der Waals surface area (Å²) in [6.45, 7) is 1.12. The highest BCUT2D eigenvalue weighted by atomic mass is 16.3. The maximum Gasteiger partial charge on any atom is 0.290 e. The van der Waals surface area contributed by atoms with E-state index in [9.17, 15) is 4.79 Å². The van der Waals surface area contributed by atoms with Gasteiger partial charge in [0.25, 0.3) is 5.91 Å². The van der Waals surface area contributed by atoms with Crippen molar-refractivity contribution in [2.75, 3.05) is 25.5 Å². The molecule has 132 valence electrons. The van der Waals surface area contributed by atoms with Gasteiger partial charge in [-0.3, -0.25) is 4.79 Å². The molecular formula is C20H20N4O2. The Labute approximate surface area is 152 Å². The molecule has 26 heavy (non-hydrogen) atoms. The Hall–Kier alpha value is -3.15. The topological polar surface area (TPSA) is 62.5 Å². The molecule has 0 saturated heterocycles. The molecule has 0 saturated carbocycles. The Bertz CT molecular complexity index is 934. The molecule has 3 aromatic rings. The number of anilines is 1. The Morgan fingerprint density at radius 2 is 1.96 bits per heavy atom. The van der Waals surface area contributed by atoms with E-state index in [-0.39, 0.29) is 5.91 Å². The van der Waals surface area contributed by atoms with E-state index in [2.05, 4.69) is 10.2 Å². The quantitative estimate of drug-likeness (QED) is 0.728. The van der Waals surface area contributed by atoms with Gasteiger partial charge < -0.3 is 14.2 Å². The average Bonchev–Trinajstić information content (AvgIpc) is 3.17. The summed E-state index contributed by atoms with van der Waals surface area (Å²) in [7, 11) is 3.86. The zero-order valence-electron chi connectivity index (χ0n) is 14.8. The molecule has 1 aliphatic rings.